The molecule has 1 aromatic rings. The number of nitriles is 1. The fraction of sp³-hybridized carbons (Fsp3) is 0.385. The van der Waals surface area contributed by atoms with E-state index < -0.39 is 5.92 Å². The van der Waals surface area contributed by atoms with Crippen LogP contribution >= 0.6 is 0 Å². The van der Waals surface area contributed by atoms with E-state index in [2.05, 4.69) is 17.4 Å². The number of rotatable bonds is 3. The van der Waals surface area contributed by atoms with Gasteiger partial charge in [-0.15, -0.1) is 0 Å². The number of hydrogen-bond acceptors (Lipinski definition) is 2. The molecule has 0 spiro atoms. The maximum absolute atomic E-state index is 11.4. The summed E-state index contributed by atoms with van der Waals surface area (Å²) in [6.07, 6.45) is 1.03. The van der Waals surface area contributed by atoms with Gasteiger partial charge in [-0.1, -0.05) is 24.3 Å². The van der Waals surface area contributed by atoms with E-state index >= 15 is 0 Å². The molecule has 3 nitrogen and oxygen atoms in total. The van der Waals surface area contributed by atoms with Crippen LogP contribution in [0.4, 0.5) is 0 Å². The number of fused-ring (bicyclic) bond motifs is 1. The number of amides is 1. The number of carbonyl (C=O) groups is 1. The molecular formula is C13H14N2O. The maximum Gasteiger partial charge on any atom is 0.237 e. The molecular weight excluding hydrogens is 200 g/mol. The first-order valence-corrected chi connectivity index (χ1v) is 5.47. The number of nitrogens with zero attached hydrogens (tertiary/aromatic N) is 1. The highest BCUT2D eigenvalue weighted by molar-refractivity contribution is 5.80. The van der Waals surface area contributed by atoms with Gasteiger partial charge in [0.05, 0.1) is 6.07 Å². The Morgan fingerprint density at radius 2 is 2.38 bits per heavy atom. The summed E-state index contributed by atoms with van der Waals surface area (Å²) in [6.45, 7) is 2.26. The van der Waals surface area contributed by atoms with Gasteiger partial charge in [0.15, 0.2) is 0 Å². The maximum atomic E-state index is 11.4. The zero-order valence-electron chi connectivity index (χ0n) is 9.23. The van der Waals surface area contributed by atoms with E-state index in [-0.39, 0.29) is 5.91 Å². The molecule has 0 radical (unpaired) electrons. The van der Waals surface area contributed by atoms with Crippen LogP contribution in [0.1, 0.15) is 24.0 Å². The molecule has 3 heteroatoms. The van der Waals surface area contributed by atoms with E-state index in [4.69, 9.17) is 5.26 Å². The Morgan fingerprint density at radius 3 is 3.06 bits per heavy atom. The highest BCUT2D eigenvalue weighted by Crippen LogP contribution is 2.33. The summed E-state index contributed by atoms with van der Waals surface area (Å²) < 4.78 is 0. The Hall–Kier alpha value is -1.82. The van der Waals surface area contributed by atoms with Crippen molar-refractivity contribution in [3.63, 3.8) is 0 Å². The van der Waals surface area contributed by atoms with Crippen LogP contribution < -0.4 is 5.32 Å². The Labute approximate surface area is 95.1 Å². The molecule has 2 unspecified atom stereocenters. The first-order chi connectivity index (χ1) is 7.72. The van der Waals surface area contributed by atoms with E-state index in [9.17, 15) is 4.79 Å². The van der Waals surface area contributed by atoms with Crippen molar-refractivity contribution in [3.8, 4) is 6.07 Å². The number of carbonyl (C=O) groups excluding carboxylic acids is 1. The molecule has 1 aromatic carbocycles. The lowest BCUT2D eigenvalue weighted by atomic mass is 9.77. The summed E-state index contributed by atoms with van der Waals surface area (Å²) in [5, 5.41) is 11.4. The SMILES string of the molecule is CC(C#N)C(=O)NCC1Cc2ccccc21. The minimum absolute atomic E-state index is 0.174. The molecule has 16 heavy (non-hydrogen) atoms. The van der Waals surface area contributed by atoms with Crippen LogP contribution in [0.3, 0.4) is 0 Å². The second-order valence-corrected chi connectivity index (χ2v) is 4.20. The second-order valence-electron chi connectivity index (χ2n) is 4.20. The molecule has 2 atom stereocenters. The predicted molar refractivity (Wildman–Crippen MR) is 60.7 cm³/mol. The Bertz CT molecular complexity index is 447. The molecule has 0 bridgehead atoms. The highest BCUT2D eigenvalue weighted by Gasteiger charge is 2.25. The summed E-state index contributed by atoms with van der Waals surface area (Å²) in [7, 11) is 0. The van der Waals surface area contributed by atoms with Crippen LogP contribution in [0.15, 0.2) is 24.3 Å². The summed E-state index contributed by atoms with van der Waals surface area (Å²) in [4.78, 5) is 11.4. The molecule has 2 rings (SSSR count). The Morgan fingerprint density at radius 1 is 1.62 bits per heavy atom. The van der Waals surface area contributed by atoms with Crippen LogP contribution in [0.2, 0.25) is 0 Å². The van der Waals surface area contributed by atoms with Gasteiger partial charge in [0.25, 0.3) is 0 Å². The summed E-state index contributed by atoms with van der Waals surface area (Å²) in [5.41, 5.74) is 2.70. The molecule has 1 N–H and O–H groups in total. The van der Waals surface area contributed by atoms with E-state index in [1.54, 1.807) is 6.92 Å². The third-order valence-corrected chi connectivity index (χ3v) is 3.07. The molecule has 0 saturated heterocycles. The van der Waals surface area contributed by atoms with Crippen molar-refractivity contribution in [2.45, 2.75) is 19.3 Å². The first-order valence-electron chi connectivity index (χ1n) is 5.47. The summed E-state index contributed by atoms with van der Waals surface area (Å²) in [5.74, 6) is -0.312. The van der Waals surface area contributed by atoms with E-state index in [1.807, 2.05) is 18.2 Å². The van der Waals surface area contributed by atoms with Crippen LogP contribution in [0.5, 0.6) is 0 Å². The second kappa shape index (κ2) is 4.36. The van der Waals surface area contributed by atoms with Crippen LogP contribution in [-0.4, -0.2) is 12.5 Å². The van der Waals surface area contributed by atoms with Gasteiger partial charge in [0.1, 0.15) is 5.92 Å². The monoisotopic (exact) mass is 214 g/mol. The fourth-order valence-electron chi connectivity index (χ4n) is 1.98. The van der Waals surface area contributed by atoms with Gasteiger partial charge in [0.2, 0.25) is 5.91 Å². The summed E-state index contributed by atoms with van der Waals surface area (Å²) >= 11 is 0. The van der Waals surface area contributed by atoms with Crippen molar-refractivity contribution in [1.29, 1.82) is 5.26 Å². The van der Waals surface area contributed by atoms with Crippen molar-refractivity contribution in [1.82, 2.24) is 5.32 Å². The minimum atomic E-state index is -0.560. The number of benzene rings is 1. The van der Waals surface area contributed by atoms with Crippen LogP contribution in [0, 0.1) is 17.2 Å². The van der Waals surface area contributed by atoms with Crippen molar-refractivity contribution in [2.24, 2.45) is 5.92 Å². The quantitative estimate of drug-likeness (QED) is 0.831. The third kappa shape index (κ3) is 1.92. The van der Waals surface area contributed by atoms with Crippen molar-refractivity contribution in [3.05, 3.63) is 35.4 Å². The lowest BCUT2D eigenvalue weighted by molar-refractivity contribution is -0.123. The lowest BCUT2D eigenvalue weighted by Gasteiger charge is -2.30. The molecule has 0 aliphatic heterocycles. The third-order valence-electron chi connectivity index (χ3n) is 3.07. The zero-order chi connectivity index (χ0) is 11.5. The predicted octanol–water partition coefficient (Wildman–Crippen LogP) is 1.60. The van der Waals surface area contributed by atoms with Crippen LogP contribution in [-0.2, 0) is 11.2 Å². The molecule has 0 heterocycles. The van der Waals surface area contributed by atoms with Gasteiger partial charge in [-0.05, 0) is 24.5 Å². The van der Waals surface area contributed by atoms with Gasteiger partial charge in [-0.25, -0.2) is 0 Å². The molecule has 0 fully saturated rings. The van der Waals surface area contributed by atoms with Crippen molar-refractivity contribution < 1.29 is 4.79 Å². The molecule has 82 valence electrons. The van der Waals surface area contributed by atoms with E-state index in [0.29, 0.717) is 12.5 Å². The average molecular weight is 214 g/mol. The Kier molecular flexibility index (Phi) is 2.91. The average Bonchev–Trinajstić information content (AvgIpc) is 2.29. The first kappa shape index (κ1) is 10.7. The highest BCUT2D eigenvalue weighted by atomic mass is 16.1. The normalized spacial score (nSPS) is 18.9. The van der Waals surface area contributed by atoms with Gasteiger partial charge in [-0.3, -0.25) is 4.79 Å². The van der Waals surface area contributed by atoms with Gasteiger partial charge in [0, 0.05) is 12.5 Å². The van der Waals surface area contributed by atoms with Gasteiger partial charge < -0.3 is 5.32 Å². The van der Waals surface area contributed by atoms with Crippen LogP contribution in [0.25, 0.3) is 0 Å². The van der Waals surface area contributed by atoms with E-state index in [1.165, 1.54) is 11.1 Å². The lowest BCUT2D eigenvalue weighted by Crippen LogP contribution is -2.35. The van der Waals surface area contributed by atoms with Crippen molar-refractivity contribution in [2.75, 3.05) is 6.54 Å². The van der Waals surface area contributed by atoms with Gasteiger partial charge >= 0.3 is 0 Å². The topological polar surface area (TPSA) is 52.9 Å². The number of hydrogen-bond donors (Lipinski definition) is 1. The fourth-order valence-corrected chi connectivity index (χ4v) is 1.98. The Balaban J connectivity index is 1.87. The van der Waals surface area contributed by atoms with Gasteiger partial charge in [-0.2, -0.15) is 5.26 Å². The molecule has 1 aliphatic rings. The smallest absolute Gasteiger partial charge is 0.237 e. The van der Waals surface area contributed by atoms with E-state index in [0.717, 1.165) is 6.42 Å². The summed E-state index contributed by atoms with van der Waals surface area (Å²) in [6, 6.07) is 10.2. The largest absolute Gasteiger partial charge is 0.354 e. The molecule has 0 saturated carbocycles. The zero-order valence-corrected chi connectivity index (χ0v) is 9.23. The van der Waals surface area contributed by atoms with Crippen molar-refractivity contribution >= 4 is 5.91 Å². The molecule has 0 aromatic heterocycles. The number of nitrogens with one attached hydrogen (secondary N) is 1. The minimum Gasteiger partial charge on any atom is -0.354 e. The molecule has 1 amide bonds. The standard InChI is InChI=1S/C13H14N2O/c1-9(7-14)13(16)15-8-11-6-10-4-2-3-5-12(10)11/h2-5,9,11H,6,8H2,1H3,(H,15,16). The molecule has 1 aliphatic carbocycles.